The van der Waals surface area contributed by atoms with Crippen LogP contribution in [0.25, 0.3) is 0 Å². The maximum absolute atomic E-state index is 4.42. The van der Waals surface area contributed by atoms with Gasteiger partial charge in [-0.3, -0.25) is 0 Å². The number of aryl methyl sites for hydroxylation is 1. The molecule has 1 unspecified atom stereocenters. The van der Waals surface area contributed by atoms with Crippen molar-refractivity contribution in [1.82, 2.24) is 15.3 Å². The van der Waals surface area contributed by atoms with Gasteiger partial charge in [0, 0.05) is 28.2 Å². The number of hydrogen-bond acceptors (Lipinski definition) is 4. The second-order valence-corrected chi connectivity index (χ2v) is 5.98. The van der Waals surface area contributed by atoms with Crippen molar-refractivity contribution in [1.29, 1.82) is 0 Å². The first-order valence-electron chi connectivity index (χ1n) is 5.94. The summed E-state index contributed by atoms with van der Waals surface area (Å²) in [6.07, 6.45) is 4.65. The fourth-order valence-corrected chi connectivity index (χ4v) is 3.30. The number of thiophene rings is 1. The zero-order valence-corrected chi connectivity index (χ0v) is 12.9. The van der Waals surface area contributed by atoms with Crippen LogP contribution in [0.3, 0.4) is 0 Å². The molecule has 96 valence electrons. The monoisotopic (exact) mass is 325 g/mol. The highest BCUT2D eigenvalue weighted by Gasteiger charge is 2.16. The van der Waals surface area contributed by atoms with Gasteiger partial charge in [0.1, 0.15) is 5.82 Å². The minimum Gasteiger partial charge on any atom is -0.307 e. The molecule has 0 aliphatic carbocycles. The van der Waals surface area contributed by atoms with Crippen molar-refractivity contribution in [2.24, 2.45) is 0 Å². The third-order valence-electron chi connectivity index (χ3n) is 2.64. The summed E-state index contributed by atoms with van der Waals surface area (Å²) in [5.41, 5.74) is 1.09. The highest BCUT2D eigenvalue weighted by Crippen LogP contribution is 2.27. The molecule has 0 radical (unpaired) electrons. The summed E-state index contributed by atoms with van der Waals surface area (Å²) in [6, 6.07) is 2.25. The predicted octanol–water partition coefficient (Wildman–Crippen LogP) is 3.50. The maximum Gasteiger partial charge on any atom is 0.145 e. The summed E-state index contributed by atoms with van der Waals surface area (Å²) in [4.78, 5) is 10.2. The van der Waals surface area contributed by atoms with Crippen molar-refractivity contribution >= 4 is 27.3 Å². The highest BCUT2D eigenvalue weighted by atomic mass is 79.9. The van der Waals surface area contributed by atoms with Crippen LogP contribution in [0.1, 0.15) is 29.2 Å². The van der Waals surface area contributed by atoms with Gasteiger partial charge >= 0.3 is 0 Å². The Morgan fingerprint density at radius 1 is 1.39 bits per heavy atom. The minimum absolute atomic E-state index is 0.172. The van der Waals surface area contributed by atoms with Gasteiger partial charge in [0.05, 0.1) is 6.04 Å². The Hall–Kier alpha value is -0.780. The van der Waals surface area contributed by atoms with Crippen LogP contribution in [0.2, 0.25) is 0 Å². The molecule has 0 bridgehead atoms. The van der Waals surface area contributed by atoms with Crippen LogP contribution in [0.4, 0.5) is 0 Å². The molecule has 2 heterocycles. The van der Waals surface area contributed by atoms with Gasteiger partial charge in [-0.15, -0.1) is 11.3 Å². The molecular weight excluding hydrogens is 310 g/mol. The highest BCUT2D eigenvalue weighted by molar-refractivity contribution is 9.10. The number of nitrogens with one attached hydrogen (secondary N) is 1. The SMILES string of the molecule is CCNC(Cc1sccc1Br)c1ncc(C)cn1. The van der Waals surface area contributed by atoms with Gasteiger partial charge in [0.25, 0.3) is 0 Å². The van der Waals surface area contributed by atoms with Gasteiger partial charge in [-0.05, 0) is 46.4 Å². The fourth-order valence-electron chi connectivity index (χ4n) is 1.74. The summed E-state index contributed by atoms with van der Waals surface area (Å²) in [6.45, 7) is 5.01. The number of halogens is 1. The molecule has 0 aliphatic heterocycles. The van der Waals surface area contributed by atoms with E-state index in [0.717, 1.165) is 24.4 Å². The smallest absolute Gasteiger partial charge is 0.145 e. The van der Waals surface area contributed by atoms with Crippen LogP contribution < -0.4 is 5.32 Å². The molecule has 2 rings (SSSR count). The Labute approximate surface area is 120 Å². The Morgan fingerprint density at radius 2 is 2.11 bits per heavy atom. The van der Waals surface area contributed by atoms with E-state index in [1.807, 2.05) is 19.3 Å². The van der Waals surface area contributed by atoms with E-state index < -0.39 is 0 Å². The average Bonchev–Trinajstić information content (AvgIpc) is 2.76. The number of nitrogens with zero attached hydrogens (tertiary/aromatic N) is 2. The molecule has 0 fully saturated rings. The lowest BCUT2D eigenvalue weighted by Gasteiger charge is -2.16. The van der Waals surface area contributed by atoms with Gasteiger partial charge in [-0.1, -0.05) is 6.92 Å². The van der Waals surface area contributed by atoms with E-state index in [-0.39, 0.29) is 6.04 Å². The Balaban J connectivity index is 2.18. The summed E-state index contributed by atoms with van der Waals surface area (Å²) < 4.78 is 1.17. The van der Waals surface area contributed by atoms with Crippen molar-refractivity contribution in [2.45, 2.75) is 26.3 Å². The quantitative estimate of drug-likeness (QED) is 0.914. The predicted molar refractivity (Wildman–Crippen MR) is 78.9 cm³/mol. The van der Waals surface area contributed by atoms with Crippen molar-refractivity contribution in [3.8, 4) is 0 Å². The average molecular weight is 326 g/mol. The van der Waals surface area contributed by atoms with E-state index in [1.54, 1.807) is 11.3 Å². The van der Waals surface area contributed by atoms with E-state index in [2.05, 4.69) is 49.6 Å². The van der Waals surface area contributed by atoms with E-state index in [1.165, 1.54) is 9.35 Å². The second kappa shape index (κ2) is 6.41. The van der Waals surface area contributed by atoms with Crippen LogP contribution in [-0.4, -0.2) is 16.5 Å². The fraction of sp³-hybridized carbons (Fsp3) is 0.385. The van der Waals surface area contributed by atoms with E-state index in [4.69, 9.17) is 0 Å². The van der Waals surface area contributed by atoms with Gasteiger partial charge in [0.2, 0.25) is 0 Å². The third kappa shape index (κ3) is 3.37. The Kier molecular flexibility index (Phi) is 4.86. The number of likely N-dealkylation sites (N-methyl/N-ethyl adjacent to an activating group) is 1. The zero-order chi connectivity index (χ0) is 13.0. The van der Waals surface area contributed by atoms with Crippen molar-refractivity contribution in [3.63, 3.8) is 0 Å². The molecule has 2 aromatic rings. The standard InChI is InChI=1S/C13H16BrN3S/c1-3-15-11(6-12-10(14)4-5-18-12)13-16-7-9(2)8-17-13/h4-5,7-8,11,15H,3,6H2,1-2H3. The molecule has 0 aromatic carbocycles. The number of aromatic nitrogens is 2. The molecule has 0 spiro atoms. The van der Waals surface area contributed by atoms with Crippen LogP contribution >= 0.6 is 27.3 Å². The molecular formula is C13H16BrN3S. The lowest BCUT2D eigenvalue weighted by Crippen LogP contribution is -2.24. The summed E-state index contributed by atoms with van der Waals surface area (Å²) in [7, 11) is 0. The first-order valence-corrected chi connectivity index (χ1v) is 7.61. The van der Waals surface area contributed by atoms with Gasteiger partial charge in [-0.2, -0.15) is 0 Å². The number of hydrogen-bond donors (Lipinski definition) is 1. The first kappa shape index (κ1) is 13.6. The summed E-state index contributed by atoms with van der Waals surface area (Å²) >= 11 is 5.33. The van der Waals surface area contributed by atoms with E-state index in [9.17, 15) is 0 Å². The van der Waals surface area contributed by atoms with Crippen LogP contribution in [0.5, 0.6) is 0 Å². The minimum atomic E-state index is 0.172. The Morgan fingerprint density at radius 3 is 2.67 bits per heavy atom. The van der Waals surface area contributed by atoms with Gasteiger partial charge < -0.3 is 5.32 Å². The normalized spacial score (nSPS) is 12.6. The van der Waals surface area contributed by atoms with E-state index in [0.29, 0.717) is 0 Å². The molecule has 3 nitrogen and oxygen atoms in total. The molecule has 0 amide bonds. The zero-order valence-electron chi connectivity index (χ0n) is 10.5. The van der Waals surface area contributed by atoms with Crippen LogP contribution in [0, 0.1) is 6.92 Å². The third-order valence-corrected chi connectivity index (χ3v) is 4.59. The maximum atomic E-state index is 4.42. The molecule has 0 aliphatic rings. The van der Waals surface area contributed by atoms with Crippen LogP contribution in [0.15, 0.2) is 28.3 Å². The molecule has 18 heavy (non-hydrogen) atoms. The topological polar surface area (TPSA) is 37.8 Å². The molecule has 0 saturated carbocycles. The largest absolute Gasteiger partial charge is 0.307 e. The molecule has 2 aromatic heterocycles. The van der Waals surface area contributed by atoms with Crippen molar-refractivity contribution in [2.75, 3.05) is 6.54 Å². The van der Waals surface area contributed by atoms with Crippen molar-refractivity contribution in [3.05, 3.63) is 44.6 Å². The molecule has 1 N–H and O–H groups in total. The second-order valence-electron chi connectivity index (χ2n) is 4.12. The summed E-state index contributed by atoms with van der Waals surface area (Å²) in [5, 5.41) is 5.54. The Bertz CT molecular complexity index is 495. The molecule has 5 heteroatoms. The molecule has 0 saturated heterocycles. The summed E-state index contributed by atoms with van der Waals surface area (Å²) in [5.74, 6) is 0.864. The van der Waals surface area contributed by atoms with Gasteiger partial charge in [-0.25, -0.2) is 9.97 Å². The van der Waals surface area contributed by atoms with E-state index >= 15 is 0 Å². The lowest BCUT2D eigenvalue weighted by atomic mass is 10.1. The van der Waals surface area contributed by atoms with Gasteiger partial charge in [0.15, 0.2) is 0 Å². The lowest BCUT2D eigenvalue weighted by molar-refractivity contribution is 0.523. The van der Waals surface area contributed by atoms with Crippen molar-refractivity contribution < 1.29 is 0 Å². The first-order chi connectivity index (χ1) is 8.70. The van der Waals surface area contributed by atoms with Crippen LogP contribution in [-0.2, 0) is 6.42 Å². The number of rotatable bonds is 5. The molecule has 1 atom stereocenters.